The quantitative estimate of drug-likeness (QED) is 0.280. The lowest BCUT2D eigenvalue weighted by Crippen LogP contribution is -2.31. The van der Waals surface area contributed by atoms with Crippen LogP contribution in [0.25, 0.3) is 0 Å². The van der Waals surface area contributed by atoms with E-state index in [9.17, 15) is 24.8 Å². The maximum absolute atomic E-state index is 10.8. The molecule has 0 unspecified atom stereocenters. The number of ketones is 1. The summed E-state index contributed by atoms with van der Waals surface area (Å²) in [5, 5.41) is 20.4. The summed E-state index contributed by atoms with van der Waals surface area (Å²) in [5.74, 6) is -3.15. The van der Waals surface area contributed by atoms with Crippen molar-refractivity contribution >= 4 is 17.4 Å². The Kier molecular flexibility index (Phi) is 2.57. The number of Topliss-reactive ketones (excluding diaryl/α,β-unsaturated/α-hetero) is 1. The minimum Gasteiger partial charge on any atom is -0.541 e. The molecule has 6 nitrogen and oxygen atoms in total. The van der Waals surface area contributed by atoms with Crippen LogP contribution in [-0.2, 0) is 4.79 Å². The summed E-state index contributed by atoms with van der Waals surface area (Å²) in [6.07, 6.45) is 0. The zero-order chi connectivity index (χ0) is 10.7. The Labute approximate surface area is 77.9 Å². The Morgan fingerprint density at radius 1 is 1.29 bits per heavy atom. The first-order valence-electron chi connectivity index (χ1n) is 3.52. The van der Waals surface area contributed by atoms with Crippen LogP contribution in [0, 0.1) is 10.1 Å². The van der Waals surface area contributed by atoms with Gasteiger partial charge in [0.25, 0.3) is 5.69 Å². The van der Waals surface area contributed by atoms with Crippen molar-refractivity contribution in [2.24, 2.45) is 0 Å². The average molecular weight is 194 g/mol. The third kappa shape index (κ3) is 1.92. The van der Waals surface area contributed by atoms with Crippen LogP contribution in [0.15, 0.2) is 24.3 Å². The van der Waals surface area contributed by atoms with Crippen molar-refractivity contribution in [3.05, 3.63) is 39.9 Å². The maximum atomic E-state index is 10.8. The molecule has 6 heteroatoms. The van der Waals surface area contributed by atoms with Crippen molar-refractivity contribution in [2.45, 2.75) is 0 Å². The number of hydrogen-bond acceptors (Lipinski definition) is 5. The van der Waals surface area contributed by atoms with Gasteiger partial charge < -0.3 is 9.90 Å². The van der Waals surface area contributed by atoms with E-state index in [0.717, 1.165) is 12.1 Å². The van der Waals surface area contributed by atoms with E-state index in [2.05, 4.69) is 0 Å². The van der Waals surface area contributed by atoms with Gasteiger partial charge in [0.1, 0.15) is 5.97 Å². The summed E-state index contributed by atoms with van der Waals surface area (Å²) in [5.41, 5.74) is -0.601. The Balaban J connectivity index is 3.12. The fourth-order valence-electron chi connectivity index (χ4n) is 0.879. The van der Waals surface area contributed by atoms with E-state index in [1.807, 2.05) is 0 Å². The van der Waals surface area contributed by atoms with Gasteiger partial charge in [0.2, 0.25) is 5.78 Å². The molecule has 0 atom stereocenters. The summed E-state index contributed by atoms with van der Waals surface area (Å²) >= 11 is 0. The summed E-state index contributed by atoms with van der Waals surface area (Å²) < 4.78 is 0. The molecule has 14 heavy (non-hydrogen) atoms. The van der Waals surface area contributed by atoms with Gasteiger partial charge in [-0.1, -0.05) is 12.1 Å². The first-order valence-corrected chi connectivity index (χ1v) is 3.52. The minimum absolute atomic E-state index is 0.265. The van der Waals surface area contributed by atoms with Crippen molar-refractivity contribution in [3.63, 3.8) is 0 Å². The molecule has 1 aromatic carbocycles. The Morgan fingerprint density at radius 2 is 1.93 bits per heavy atom. The van der Waals surface area contributed by atoms with Crippen LogP contribution in [0.4, 0.5) is 5.69 Å². The highest BCUT2D eigenvalue weighted by molar-refractivity contribution is 6.39. The monoisotopic (exact) mass is 194 g/mol. The van der Waals surface area contributed by atoms with E-state index in [1.165, 1.54) is 12.1 Å². The van der Waals surface area contributed by atoms with E-state index in [1.54, 1.807) is 0 Å². The Morgan fingerprint density at radius 3 is 2.43 bits per heavy atom. The first-order chi connectivity index (χ1) is 6.52. The van der Waals surface area contributed by atoms with Crippen LogP contribution >= 0.6 is 0 Å². The molecule has 0 fully saturated rings. The molecule has 0 aliphatic heterocycles. The molecule has 0 heterocycles. The fourth-order valence-corrected chi connectivity index (χ4v) is 0.879. The van der Waals surface area contributed by atoms with Gasteiger partial charge in [0.15, 0.2) is 0 Å². The molecule has 0 aromatic heterocycles. The molecule has 0 N–H and O–H groups in total. The van der Waals surface area contributed by atoms with Crippen molar-refractivity contribution < 1.29 is 19.6 Å². The standard InChI is InChI=1S/C8H5NO5/c10-7(8(11)12)5-2-1-3-6(4-5)9(13)14/h1-4H,(H,11,12)/p-1. The van der Waals surface area contributed by atoms with Crippen LogP contribution in [0.5, 0.6) is 0 Å². The van der Waals surface area contributed by atoms with E-state index in [0.29, 0.717) is 0 Å². The van der Waals surface area contributed by atoms with Crippen LogP contribution in [0.2, 0.25) is 0 Å². The van der Waals surface area contributed by atoms with E-state index < -0.39 is 16.7 Å². The maximum Gasteiger partial charge on any atom is 0.270 e. The normalized spacial score (nSPS) is 9.43. The second kappa shape index (κ2) is 3.65. The molecular formula is C8H4NO5-. The number of aliphatic carboxylic acids is 1. The molecule has 0 saturated heterocycles. The van der Waals surface area contributed by atoms with Gasteiger partial charge in [-0.15, -0.1) is 0 Å². The number of carboxylic acid groups (broad SMARTS) is 1. The third-order valence-electron chi connectivity index (χ3n) is 1.50. The number of non-ortho nitro benzene ring substituents is 1. The van der Waals surface area contributed by atoms with Crippen molar-refractivity contribution in [1.29, 1.82) is 0 Å². The largest absolute Gasteiger partial charge is 0.541 e. The average Bonchev–Trinajstić information content (AvgIpc) is 2.16. The lowest BCUT2D eigenvalue weighted by molar-refractivity contribution is -0.384. The van der Waals surface area contributed by atoms with Gasteiger partial charge in [-0.05, 0) is 0 Å². The Hall–Kier alpha value is -2.24. The van der Waals surface area contributed by atoms with Crippen LogP contribution in [-0.4, -0.2) is 16.7 Å². The predicted octanol–water partition coefficient (Wildman–Crippen LogP) is -0.473. The van der Waals surface area contributed by atoms with E-state index >= 15 is 0 Å². The number of benzene rings is 1. The SMILES string of the molecule is O=C([O-])C(=O)c1cccc([N+](=O)[O-])c1. The fraction of sp³-hybridized carbons (Fsp3) is 0. The number of carbonyl (C=O) groups is 2. The minimum atomic E-state index is -1.88. The highest BCUT2D eigenvalue weighted by Crippen LogP contribution is 2.13. The summed E-state index contributed by atoms with van der Waals surface area (Å²) in [7, 11) is 0. The molecule has 1 aromatic rings. The molecule has 0 amide bonds. The smallest absolute Gasteiger partial charge is 0.270 e. The highest BCUT2D eigenvalue weighted by atomic mass is 16.6. The third-order valence-corrected chi connectivity index (χ3v) is 1.50. The molecule has 1 rings (SSSR count). The summed E-state index contributed by atoms with van der Waals surface area (Å²) in [6, 6.07) is 4.45. The Bertz CT molecular complexity index is 412. The lowest BCUT2D eigenvalue weighted by atomic mass is 10.1. The lowest BCUT2D eigenvalue weighted by Gasteiger charge is -2.00. The number of rotatable bonds is 3. The van der Waals surface area contributed by atoms with Crippen molar-refractivity contribution in [3.8, 4) is 0 Å². The first kappa shape index (κ1) is 9.85. The number of nitro benzene ring substituents is 1. The second-order valence-electron chi connectivity index (χ2n) is 2.42. The van der Waals surface area contributed by atoms with E-state index in [4.69, 9.17) is 0 Å². The van der Waals surface area contributed by atoms with Gasteiger partial charge in [-0.2, -0.15) is 0 Å². The van der Waals surface area contributed by atoms with Crippen LogP contribution < -0.4 is 5.11 Å². The number of hydrogen-bond donors (Lipinski definition) is 0. The molecule has 0 spiro atoms. The molecule has 0 aliphatic rings. The van der Waals surface area contributed by atoms with Crippen LogP contribution in [0.1, 0.15) is 10.4 Å². The molecule has 0 aliphatic carbocycles. The van der Waals surface area contributed by atoms with Gasteiger partial charge in [0.05, 0.1) is 4.92 Å². The van der Waals surface area contributed by atoms with Crippen molar-refractivity contribution in [1.82, 2.24) is 0 Å². The summed E-state index contributed by atoms with van der Waals surface area (Å²) in [4.78, 5) is 30.5. The predicted molar refractivity (Wildman–Crippen MR) is 42.4 cm³/mol. The number of nitro groups is 1. The van der Waals surface area contributed by atoms with E-state index in [-0.39, 0.29) is 11.3 Å². The number of carbonyl (C=O) groups excluding carboxylic acids is 2. The molecule has 0 saturated carbocycles. The molecule has 0 bridgehead atoms. The summed E-state index contributed by atoms with van der Waals surface area (Å²) in [6.45, 7) is 0. The topological polar surface area (TPSA) is 100 Å². The molecular weight excluding hydrogens is 190 g/mol. The molecule has 0 radical (unpaired) electrons. The number of carboxylic acids is 1. The number of nitrogens with zero attached hydrogens (tertiary/aromatic N) is 1. The zero-order valence-corrected chi connectivity index (χ0v) is 6.80. The van der Waals surface area contributed by atoms with Gasteiger partial charge in [-0.25, -0.2) is 0 Å². The van der Waals surface area contributed by atoms with Crippen molar-refractivity contribution in [2.75, 3.05) is 0 Å². The second-order valence-corrected chi connectivity index (χ2v) is 2.42. The molecule has 72 valence electrons. The zero-order valence-electron chi connectivity index (χ0n) is 6.80. The van der Waals surface area contributed by atoms with Gasteiger partial charge in [-0.3, -0.25) is 14.9 Å². The van der Waals surface area contributed by atoms with Crippen LogP contribution in [0.3, 0.4) is 0 Å². The van der Waals surface area contributed by atoms with Gasteiger partial charge >= 0.3 is 0 Å². The highest BCUT2D eigenvalue weighted by Gasteiger charge is 2.11. The van der Waals surface area contributed by atoms with Gasteiger partial charge in [0, 0.05) is 17.7 Å².